The first-order valence-corrected chi connectivity index (χ1v) is 7.52. The van der Waals surface area contributed by atoms with Gasteiger partial charge in [-0.3, -0.25) is 0 Å². The van der Waals surface area contributed by atoms with Crippen molar-refractivity contribution in [2.45, 2.75) is 32.1 Å². The van der Waals surface area contributed by atoms with E-state index < -0.39 is 0 Å². The molecule has 104 valence electrons. The number of anilines is 1. The van der Waals surface area contributed by atoms with E-state index in [9.17, 15) is 0 Å². The molecule has 0 unspecified atom stereocenters. The van der Waals surface area contributed by atoms with Crippen molar-refractivity contribution in [1.29, 1.82) is 0 Å². The van der Waals surface area contributed by atoms with Gasteiger partial charge in [-0.15, -0.1) is 5.10 Å². The van der Waals surface area contributed by atoms with Gasteiger partial charge in [-0.25, -0.2) is 0 Å². The largest absolute Gasteiger partial charge is 0.381 e. The summed E-state index contributed by atoms with van der Waals surface area (Å²) in [6.45, 7) is 4.21. The molecule has 1 aromatic heterocycles. The fourth-order valence-electron chi connectivity index (χ4n) is 3.31. The highest BCUT2D eigenvalue weighted by molar-refractivity contribution is 5.36. The average molecular weight is 261 g/mol. The van der Waals surface area contributed by atoms with Crippen LogP contribution in [0, 0.1) is 11.8 Å². The Balaban J connectivity index is 1.46. The molecule has 3 heterocycles. The standard InChI is InChI=1S/C15H23N3O/c1-2-15(17-16-7-1)18-8-3-13(4-9-18)12-14-5-10-19-11-6-14/h1-2,7,13-14H,3-6,8-12H2. The Labute approximate surface area is 115 Å². The summed E-state index contributed by atoms with van der Waals surface area (Å²) >= 11 is 0. The Bertz CT molecular complexity index is 370. The second kappa shape index (κ2) is 6.33. The summed E-state index contributed by atoms with van der Waals surface area (Å²) in [4.78, 5) is 2.37. The molecule has 2 fully saturated rings. The number of hydrogen-bond acceptors (Lipinski definition) is 4. The van der Waals surface area contributed by atoms with Gasteiger partial charge in [0.25, 0.3) is 0 Å². The Hall–Kier alpha value is -1.16. The summed E-state index contributed by atoms with van der Waals surface area (Å²) in [5.74, 6) is 2.84. The monoisotopic (exact) mass is 261 g/mol. The van der Waals surface area contributed by atoms with Crippen LogP contribution in [0.4, 0.5) is 5.82 Å². The molecular formula is C15H23N3O. The maximum Gasteiger partial charge on any atom is 0.151 e. The Kier molecular flexibility index (Phi) is 4.28. The first-order valence-electron chi connectivity index (χ1n) is 7.52. The minimum Gasteiger partial charge on any atom is -0.381 e. The van der Waals surface area contributed by atoms with Gasteiger partial charge in [0.15, 0.2) is 5.82 Å². The van der Waals surface area contributed by atoms with Gasteiger partial charge in [0.05, 0.1) is 0 Å². The Morgan fingerprint density at radius 3 is 2.53 bits per heavy atom. The lowest BCUT2D eigenvalue weighted by Gasteiger charge is -2.34. The van der Waals surface area contributed by atoms with Gasteiger partial charge >= 0.3 is 0 Å². The molecule has 4 nitrogen and oxygen atoms in total. The minimum absolute atomic E-state index is 0.899. The van der Waals surface area contributed by atoms with Gasteiger partial charge in [0, 0.05) is 32.5 Å². The maximum atomic E-state index is 5.44. The van der Waals surface area contributed by atoms with E-state index in [1.165, 1.54) is 32.1 Å². The van der Waals surface area contributed by atoms with Crippen LogP contribution in [0.25, 0.3) is 0 Å². The molecule has 2 aliphatic heterocycles. The predicted molar refractivity (Wildman–Crippen MR) is 75.1 cm³/mol. The van der Waals surface area contributed by atoms with Crippen LogP contribution < -0.4 is 4.90 Å². The topological polar surface area (TPSA) is 38.2 Å². The number of ether oxygens (including phenoxy) is 1. The minimum atomic E-state index is 0.899. The molecule has 19 heavy (non-hydrogen) atoms. The molecule has 0 spiro atoms. The quantitative estimate of drug-likeness (QED) is 0.838. The maximum absolute atomic E-state index is 5.44. The zero-order chi connectivity index (χ0) is 12.9. The van der Waals surface area contributed by atoms with E-state index in [0.717, 1.165) is 44.0 Å². The lowest BCUT2D eigenvalue weighted by atomic mass is 9.84. The van der Waals surface area contributed by atoms with Crippen molar-refractivity contribution >= 4 is 5.82 Å². The molecule has 0 bridgehead atoms. The van der Waals surface area contributed by atoms with E-state index in [4.69, 9.17) is 4.74 Å². The fraction of sp³-hybridized carbons (Fsp3) is 0.733. The van der Waals surface area contributed by atoms with Gasteiger partial charge in [-0.05, 0) is 56.1 Å². The zero-order valence-electron chi connectivity index (χ0n) is 11.5. The van der Waals surface area contributed by atoms with Crippen molar-refractivity contribution in [2.75, 3.05) is 31.2 Å². The van der Waals surface area contributed by atoms with Gasteiger partial charge in [0.2, 0.25) is 0 Å². The molecule has 1 aromatic rings. The van der Waals surface area contributed by atoms with Crippen molar-refractivity contribution in [2.24, 2.45) is 11.8 Å². The summed E-state index contributed by atoms with van der Waals surface area (Å²) in [7, 11) is 0. The third-order valence-corrected chi connectivity index (χ3v) is 4.50. The average Bonchev–Trinajstić information content (AvgIpc) is 2.50. The highest BCUT2D eigenvalue weighted by Crippen LogP contribution is 2.30. The number of rotatable bonds is 3. The summed E-state index contributed by atoms with van der Waals surface area (Å²) in [5, 5.41) is 8.17. The van der Waals surface area contributed by atoms with Crippen LogP contribution >= 0.6 is 0 Å². The summed E-state index contributed by atoms with van der Waals surface area (Å²) in [6.07, 6.45) is 8.27. The summed E-state index contributed by atoms with van der Waals surface area (Å²) < 4.78 is 5.44. The van der Waals surface area contributed by atoms with E-state index in [-0.39, 0.29) is 0 Å². The van der Waals surface area contributed by atoms with Crippen LogP contribution in [0.3, 0.4) is 0 Å². The molecule has 0 amide bonds. The van der Waals surface area contributed by atoms with Crippen LogP contribution in [0.1, 0.15) is 32.1 Å². The van der Waals surface area contributed by atoms with Crippen molar-refractivity contribution in [3.05, 3.63) is 18.3 Å². The van der Waals surface area contributed by atoms with Crippen LogP contribution in [0.5, 0.6) is 0 Å². The lowest BCUT2D eigenvalue weighted by Crippen LogP contribution is -2.35. The Morgan fingerprint density at radius 2 is 1.84 bits per heavy atom. The number of hydrogen-bond donors (Lipinski definition) is 0. The van der Waals surface area contributed by atoms with Crippen molar-refractivity contribution in [1.82, 2.24) is 10.2 Å². The van der Waals surface area contributed by atoms with E-state index in [1.807, 2.05) is 6.07 Å². The Morgan fingerprint density at radius 1 is 1.11 bits per heavy atom. The van der Waals surface area contributed by atoms with Crippen LogP contribution in [0.2, 0.25) is 0 Å². The number of nitrogens with zero attached hydrogens (tertiary/aromatic N) is 3. The molecule has 0 aromatic carbocycles. The molecule has 2 saturated heterocycles. The summed E-state index contributed by atoms with van der Waals surface area (Å²) in [5.41, 5.74) is 0. The molecule has 0 saturated carbocycles. The first-order chi connectivity index (χ1) is 9.42. The third kappa shape index (κ3) is 3.44. The normalized spacial score (nSPS) is 22.6. The summed E-state index contributed by atoms with van der Waals surface area (Å²) in [6, 6.07) is 4.03. The molecule has 0 radical (unpaired) electrons. The van der Waals surface area contributed by atoms with E-state index in [0.29, 0.717) is 0 Å². The number of piperidine rings is 1. The lowest BCUT2D eigenvalue weighted by molar-refractivity contribution is 0.0571. The molecular weight excluding hydrogens is 238 g/mol. The number of aromatic nitrogens is 2. The van der Waals surface area contributed by atoms with Crippen LogP contribution in [-0.2, 0) is 4.74 Å². The van der Waals surface area contributed by atoms with Crippen LogP contribution in [-0.4, -0.2) is 36.5 Å². The van der Waals surface area contributed by atoms with Gasteiger partial charge in [-0.2, -0.15) is 5.10 Å². The van der Waals surface area contributed by atoms with E-state index in [2.05, 4.69) is 21.2 Å². The molecule has 3 rings (SSSR count). The van der Waals surface area contributed by atoms with Gasteiger partial charge < -0.3 is 9.64 Å². The molecule has 0 N–H and O–H groups in total. The highest BCUT2D eigenvalue weighted by atomic mass is 16.5. The van der Waals surface area contributed by atoms with Crippen molar-refractivity contribution < 1.29 is 4.74 Å². The molecule has 4 heteroatoms. The van der Waals surface area contributed by atoms with E-state index >= 15 is 0 Å². The molecule has 2 aliphatic rings. The zero-order valence-corrected chi connectivity index (χ0v) is 11.5. The van der Waals surface area contributed by atoms with Crippen molar-refractivity contribution in [3.8, 4) is 0 Å². The van der Waals surface area contributed by atoms with Gasteiger partial charge in [0.1, 0.15) is 0 Å². The smallest absolute Gasteiger partial charge is 0.151 e. The van der Waals surface area contributed by atoms with Crippen molar-refractivity contribution in [3.63, 3.8) is 0 Å². The first kappa shape index (κ1) is 12.9. The SMILES string of the molecule is c1cnnc(N2CCC(CC3CCOCC3)CC2)c1. The molecule has 0 aliphatic carbocycles. The molecule has 0 atom stereocenters. The second-order valence-corrected chi connectivity index (χ2v) is 5.80. The van der Waals surface area contributed by atoms with Crippen LogP contribution in [0.15, 0.2) is 18.3 Å². The van der Waals surface area contributed by atoms with Gasteiger partial charge in [-0.1, -0.05) is 0 Å². The highest BCUT2D eigenvalue weighted by Gasteiger charge is 2.24. The fourth-order valence-corrected chi connectivity index (χ4v) is 3.31. The predicted octanol–water partition coefficient (Wildman–Crippen LogP) is 2.51. The second-order valence-electron chi connectivity index (χ2n) is 5.80. The third-order valence-electron chi connectivity index (χ3n) is 4.50. The van der Waals surface area contributed by atoms with E-state index in [1.54, 1.807) is 6.20 Å².